The lowest BCUT2D eigenvalue weighted by Gasteiger charge is -2.16. The molecule has 0 aliphatic rings. The van der Waals surface area contributed by atoms with Crippen molar-refractivity contribution in [3.05, 3.63) is 52.5 Å². The van der Waals surface area contributed by atoms with Crippen LogP contribution in [0.15, 0.2) is 30.0 Å². The van der Waals surface area contributed by atoms with Crippen LogP contribution in [0.25, 0.3) is 5.70 Å². The molecule has 1 aromatic carbocycles. The van der Waals surface area contributed by atoms with E-state index in [1.54, 1.807) is 7.05 Å². The minimum Gasteiger partial charge on any atom is -0.398 e. The normalized spacial score (nSPS) is 12.0. The Morgan fingerprint density at radius 1 is 1.29 bits per heavy atom. The SMILES string of the molecule is CCCCN(C)C(=O)/C(N)=C/C=C(\N)c1cc(C(=O)NCCO)cc(F)c1C. The standard InChI is InChI=1S/C20H29FN4O3/c1-4-5-9-25(3)20(28)18(23)7-6-17(22)15-11-14(12-16(21)13(15)2)19(27)24-8-10-26/h6-7,11-12,26H,4-5,8-10,22-23H2,1-3H3,(H,24,27)/b17-6-,18-7-. The molecule has 0 bridgehead atoms. The summed E-state index contributed by atoms with van der Waals surface area (Å²) in [4.78, 5) is 25.7. The van der Waals surface area contributed by atoms with Crippen molar-refractivity contribution in [2.24, 2.45) is 11.5 Å². The van der Waals surface area contributed by atoms with Crippen molar-refractivity contribution >= 4 is 17.5 Å². The van der Waals surface area contributed by atoms with Crippen molar-refractivity contribution < 1.29 is 19.1 Å². The van der Waals surface area contributed by atoms with Crippen molar-refractivity contribution in [1.29, 1.82) is 0 Å². The minimum atomic E-state index is -0.588. The smallest absolute Gasteiger partial charge is 0.269 e. The number of unbranched alkanes of at least 4 members (excludes halogenated alkanes) is 1. The van der Waals surface area contributed by atoms with Crippen LogP contribution in [0, 0.1) is 12.7 Å². The molecular weight excluding hydrogens is 363 g/mol. The largest absolute Gasteiger partial charge is 0.398 e. The Hall–Kier alpha value is -2.87. The lowest BCUT2D eigenvalue weighted by Crippen LogP contribution is -2.31. The van der Waals surface area contributed by atoms with Gasteiger partial charge in [0, 0.05) is 37.0 Å². The van der Waals surface area contributed by atoms with E-state index < -0.39 is 11.7 Å². The zero-order chi connectivity index (χ0) is 21.3. The molecule has 154 valence electrons. The predicted octanol–water partition coefficient (Wildman–Crippen LogP) is 1.26. The van der Waals surface area contributed by atoms with Crippen LogP contribution in [0.5, 0.6) is 0 Å². The molecule has 0 aliphatic carbocycles. The Morgan fingerprint density at radius 2 is 1.96 bits per heavy atom. The highest BCUT2D eigenvalue weighted by molar-refractivity contribution is 5.95. The van der Waals surface area contributed by atoms with E-state index in [2.05, 4.69) is 5.32 Å². The number of hydrogen-bond acceptors (Lipinski definition) is 5. The molecule has 0 aliphatic heterocycles. The first-order valence-electron chi connectivity index (χ1n) is 9.10. The Bertz CT molecular complexity index is 775. The van der Waals surface area contributed by atoms with Gasteiger partial charge in [-0.1, -0.05) is 13.3 Å². The fourth-order valence-corrected chi connectivity index (χ4v) is 2.44. The summed E-state index contributed by atoms with van der Waals surface area (Å²) < 4.78 is 14.2. The first-order valence-corrected chi connectivity index (χ1v) is 9.10. The molecule has 6 N–H and O–H groups in total. The van der Waals surface area contributed by atoms with Crippen LogP contribution in [-0.4, -0.2) is 48.6 Å². The second-order valence-corrected chi connectivity index (χ2v) is 6.43. The van der Waals surface area contributed by atoms with Crippen LogP contribution >= 0.6 is 0 Å². The van der Waals surface area contributed by atoms with Crippen LogP contribution < -0.4 is 16.8 Å². The fourth-order valence-electron chi connectivity index (χ4n) is 2.44. The third-order valence-corrected chi connectivity index (χ3v) is 4.20. The van der Waals surface area contributed by atoms with Crippen LogP contribution in [0.3, 0.4) is 0 Å². The quantitative estimate of drug-likeness (QED) is 0.372. The van der Waals surface area contributed by atoms with Gasteiger partial charge in [-0.3, -0.25) is 9.59 Å². The number of nitrogens with two attached hydrogens (primary N) is 2. The molecule has 28 heavy (non-hydrogen) atoms. The monoisotopic (exact) mass is 392 g/mol. The highest BCUT2D eigenvalue weighted by Crippen LogP contribution is 2.21. The van der Waals surface area contributed by atoms with Gasteiger partial charge < -0.3 is 26.8 Å². The number of likely N-dealkylation sites (N-methyl/N-ethyl adjacent to an activating group) is 1. The zero-order valence-electron chi connectivity index (χ0n) is 16.6. The molecule has 1 aromatic rings. The third kappa shape index (κ3) is 6.38. The van der Waals surface area contributed by atoms with Crippen LogP contribution in [-0.2, 0) is 4.79 Å². The molecule has 0 unspecified atom stereocenters. The average molecular weight is 392 g/mol. The number of hydrogen-bond donors (Lipinski definition) is 4. The summed E-state index contributed by atoms with van der Waals surface area (Å²) in [6, 6.07) is 2.56. The van der Waals surface area contributed by atoms with Gasteiger partial charge in [0.05, 0.1) is 12.3 Å². The molecular formula is C20H29FN4O3. The van der Waals surface area contributed by atoms with Gasteiger partial charge in [-0.15, -0.1) is 0 Å². The van der Waals surface area contributed by atoms with Crippen LogP contribution in [0.1, 0.15) is 41.3 Å². The lowest BCUT2D eigenvalue weighted by atomic mass is 10.0. The summed E-state index contributed by atoms with van der Waals surface area (Å²) in [6.45, 7) is 4.00. The molecule has 2 amide bonds. The van der Waals surface area contributed by atoms with Crippen molar-refractivity contribution in [2.45, 2.75) is 26.7 Å². The number of halogens is 1. The number of aliphatic hydroxyl groups excluding tert-OH is 1. The number of benzene rings is 1. The number of nitrogens with zero attached hydrogens (tertiary/aromatic N) is 1. The van der Waals surface area contributed by atoms with Gasteiger partial charge in [0.15, 0.2) is 0 Å². The van der Waals surface area contributed by atoms with Gasteiger partial charge in [-0.2, -0.15) is 0 Å². The third-order valence-electron chi connectivity index (χ3n) is 4.20. The summed E-state index contributed by atoms with van der Waals surface area (Å²) in [5.41, 5.74) is 12.7. The van der Waals surface area contributed by atoms with E-state index in [4.69, 9.17) is 16.6 Å². The van der Waals surface area contributed by atoms with Gasteiger partial charge in [0.2, 0.25) is 0 Å². The number of allylic oxidation sites excluding steroid dienone is 2. The molecule has 1 rings (SSSR count). The second kappa shape index (κ2) is 11.1. The zero-order valence-corrected chi connectivity index (χ0v) is 16.6. The first-order chi connectivity index (χ1) is 13.2. The minimum absolute atomic E-state index is 0.0107. The molecule has 7 nitrogen and oxygen atoms in total. The number of rotatable bonds is 9. The maximum atomic E-state index is 14.2. The molecule has 0 spiro atoms. The van der Waals surface area contributed by atoms with E-state index in [0.717, 1.165) is 18.9 Å². The molecule has 0 aromatic heterocycles. The van der Waals surface area contributed by atoms with E-state index in [1.165, 1.54) is 30.0 Å². The van der Waals surface area contributed by atoms with Crippen LogP contribution in [0.2, 0.25) is 0 Å². The van der Waals surface area contributed by atoms with Gasteiger partial charge in [-0.25, -0.2) is 4.39 Å². The second-order valence-electron chi connectivity index (χ2n) is 6.43. The van der Waals surface area contributed by atoms with E-state index in [-0.39, 0.29) is 41.6 Å². The number of carbonyl (C=O) groups is 2. The fraction of sp³-hybridized carbons (Fsp3) is 0.400. The number of amides is 2. The lowest BCUT2D eigenvalue weighted by molar-refractivity contribution is -0.126. The molecule has 0 saturated heterocycles. The van der Waals surface area contributed by atoms with Gasteiger partial charge in [0.1, 0.15) is 5.82 Å². The van der Waals surface area contributed by atoms with Crippen molar-refractivity contribution in [2.75, 3.05) is 26.7 Å². The summed E-state index contributed by atoms with van der Waals surface area (Å²) in [5, 5.41) is 11.2. The molecule has 0 heterocycles. The maximum absolute atomic E-state index is 14.2. The first kappa shape index (κ1) is 23.2. The number of aliphatic hydroxyl groups is 1. The molecule has 0 fully saturated rings. The molecule has 8 heteroatoms. The Kier molecular flexibility index (Phi) is 9.17. The van der Waals surface area contributed by atoms with Gasteiger partial charge in [0.25, 0.3) is 11.8 Å². The summed E-state index contributed by atoms with van der Waals surface area (Å²) in [6.07, 6.45) is 4.62. The highest BCUT2D eigenvalue weighted by atomic mass is 19.1. The maximum Gasteiger partial charge on any atom is 0.269 e. The van der Waals surface area contributed by atoms with Crippen molar-refractivity contribution in [1.82, 2.24) is 10.2 Å². The van der Waals surface area contributed by atoms with Crippen molar-refractivity contribution in [3.63, 3.8) is 0 Å². The summed E-state index contributed by atoms with van der Waals surface area (Å²) in [5.74, 6) is -1.43. The molecule has 0 saturated carbocycles. The molecule has 0 radical (unpaired) electrons. The van der Waals surface area contributed by atoms with E-state index in [0.29, 0.717) is 12.1 Å². The van der Waals surface area contributed by atoms with Crippen molar-refractivity contribution in [3.8, 4) is 0 Å². The predicted molar refractivity (Wildman–Crippen MR) is 108 cm³/mol. The van der Waals surface area contributed by atoms with Gasteiger partial charge in [-0.05, 0) is 43.2 Å². The summed E-state index contributed by atoms with van der Waals surface area (Å²) >= 11 is 0. The van der Waals surface area contributed by atoms with Gasteiger partial charge >= 0.3 is 0 Å². The molecule has 0 atom stereocenters. The summed E-state index contributed by atoms with van der Waals surface area (Å²) in [7, 11) is 1.67. The van der Waals surface area contributed by atoms with E-state index in [1.807, 2.05) is 6.92 Å². The Morgan fingerprint density at radius 3 is 2.57 bits per heavy atom. The van der Waals surface area contributed by atoms with Crippen LogP contribution in [0.4, 0.5) is 4.39 Å². The Balaban J connectivity index is 3.09. The number of nitrogens with one attached hydrogen (secondary N) is 1. The average Bonchev–Trinajstić information content (AvgIpc) is 2.69. The topological polar surface area (TPSA) is 122 Å². The Labute approximate surface area is 164 Å². The highest BCUT2D eigenvalue weighted by Gasteiger charge is 2.14. The number of carbonyl (C=O) groups excluding carboxylic acids is 2. The van der Waals surface area contributed by atoms with E-state index >= 15 is 0 Å². The van der Waals surface area contributed by atoms with E-state index in [9.17, 15) is 14.0 Å².